The highest BCUT2D eigenvalue weighted by Crippen LogP contribution is 2.36. The molecule has 2 aromatic rings. The van der Waals surface area contributed by atoms with Crippen LogP contribution < -0.4 is 10.2 Å². The predicted octanol–water partition coefficient (Wildman–Crippen LogP) is 3.16. The van der Waals surface area contributed by atoms with Crippen molar-refractivity contribution in [2.45, 2.75) is 25.8 Å². The molecule has 0 aromatic carbocycles. The van der Waals surface area contributed by atoms with Crippen molar-refractivity contribution >= 4 is 17.0 Å². The predicted molar refractivity (Wildman–Crippen MR) is 85.6 cm³/mol. The van der Waals surface area contributed by atoms with Gasteiger partial charge in [-0.25, -0.2) is 0 Å². The highest BCUT2D eigenvalue weighted by atomic mass is 32.1. The van der Waals surface area contributed by atoms with Crippen molar-refractivity contribution in [3.8, 4) is 0 Å². The first kappa shape index (κ1) is 13.6. The van der Waals surface area contributed by atoms with Crippen LogP contribution in [-0.4, -0.2) is 25.1 Å². The van der Waals surface area contributed by atoms with E-state index in [1.54, 1.807) is 11.3 Å². The van der Waals surface area contributed by atoms with Crippen molar-refractivity contribution in [1.29, 1.82) is 0 Å². The van der Waals surface area contributed by atoms with Crippen molar-refractivity contribution < 1.29 is 0 Å². The van der Waals surface area contributed by atoms with Crippen LogP contribution in [0.1, 0.15) is 29.3 Å². The van der Waals surface area contributed by atoms with Gasteiger partial charge in [0.1, 0.15) is 0 Å². The van der Waals surface area contributed by atoms with E-state index in [4.69, 9.17) is 0 Å². The normalized spacial score (nSPS) is 15.4. The molecule has 0 radical (unpaired) electrons. The van der Waals surface area contributed by atoms with Gasteiger partial charge in [-0.15, -0.1) is 0 Å². The molecule has 0 spiro atoms. The van der Waals surface area contributed by atoms with E-state index in [1.165, 1.54) is 22.5 Å². The number of thiophene rings is 1. The average Bonchev–Trinajstić information content (AvgIpc) is 3.09. The Bertz CT molecular complexity index is 565. The molecule has 2 aromatic heterocycles. The molecule has 0 aliphatic carbocycles. The molecule has 1 aliphatic rings. The number of aromatic nitrogens is 1. The van der Waals surface area contributed by atoms with Crippen molar-refractivity contribution in [2.75, 3.05) is 25.0 Å². The number of anilines is 1. The summed E-state index contributed by atoms with van der Waals surface area (Å²) in [5, 5.41) is 7.73. The van der Waals surface area contributed by atoms with Gasteiger partial charge < -0.3 is 10.2 Å². The molecule has 20 heavy (non-hydrogen) atoms. The number of hydrogen-bond donors (Lipinski definition) is 1. The lowest BCUT2D eigenvalue weighted by Crippen LogP contribution is -2.29. The van der Waals surface area contributed by atoms with E-state index in [0.717, 1.165) is 25.9 Å². The average molecular weight is 287 g/mol. The molecule has 0 saturated carbocycles. The molecule has 3 heterocycles. The van der Waals surface area contributed by atoms with Crippen molar-refractivity contribution in [3.05, 3.63) is 45.9 Å². The standard InChI is InChI=1S/C16H21N3S/c1-12-9-16-14(18-10-12)4-7-19(16)15(3-6-17-2)13-5-8-20-11-13/h5,8-11,15,17H,3-4,6-7H2,1-2H3. The van der Waals surface area contributed by atoms with Gasteiger partial charge in [-0.3, -0.25) is 4.98 Å². The Morgan fingerprint density at radius 3 is 3.15 bits per heavy atom. The zero-order valence-corrected chi connectivity index (χ0v) is 12.9. The van der Waals surface area contributed by atoms with Crippen LogP contribution >= 0.6 is 11.3 Å². The summed E-state index contributed by atoms with van der Waals surface area (Å²) in [7, 11) is 2.02. The van der Waals surface area contributed by atoms with Crippen LogP contribution in [0.15, 0.2) is 29.1 Å². The molecular weight excluding hydrogens is 266 g/mol. The third kappa shape index (κ3) is 2.58. The van der Waals surface area contributed by atoms with Crippen LogP contribution in [-0.2, 0) is 6.42 Å². The quantitative estimate of drug-likeness (QED) is 0.915. The summed E-state index contributed by atoms with van der Waals surface area (Å²) in [4.78, 5) is 7.13. The molecule has 3 nitrogen and oxygen atoms in total. The van der Waals surface area contributed by atoms with E-state index in [2.05, 4.69) is 45.0 Å². The van der Waals surface area contributed by atoms with E-state index in [1.807, 2.05) is 13.2 Å². The lowest BCUT2D eigenvalue weighted by atomic mass is 10.1. The van der Waals surface area contributed by atoms with Crippen molar-refractivity contribution in [1.82, 2.24) is 10.3 Å². The minimum absolute atomic E-state index is 0.457. The first-order valence-electron chi connectivity index (χ1n) is 7.18. The molecule has 0 bridgehead atoms. The summed E-state index contributed by atoms with van der Waals surface area (Å²) < 4.78 is 0. The molecule has 1 aliphatic heterocycles. The van der Waals surface area contributed by atoms with Gasteiger partial charge in [0.05, 0.1) is 17.4 Å². The smallest absolute Gasteiger partial charge is 0.0654 e. The zero-order chi connectivity index (χ0) is 13.9. The Morgan fingerprint density at radius 2 is 2.40 bits per heavy atom. The van der Waals surface area contributed by atoms with Crippen LogP contribution in [0, 0.1) is 6.92 Å². The van der Waals surface area contributed by atoms with E-state index in [0.29, 0.717) is 6.04 Å². The van der Waals surface area contributed by atoms with E-state index in [-0.39, 0.29) is 0 Å². The van der Waals surface area contributed by atoms with Crippen LogP contribution in [0.4, 0.5) is 5.69 Å². The highest BCUT2D eigenvalue weighted by Gasteiger charge is 2.28. The van der Waals surface area contributed by atoms with Crippen LogP contribution in [0.3, 0.4) is 0 Å². The SMILES string of the molecule is CNCCC(c1ccsc1)N1CCc2ncc(C)cc21. The second-order valence-corrected chi connectivity index (χ2v) is 6.17. The van der Waals surface area contributed by atoms with Gasteiger partial charge in [0.25, 0.3) is 0 Å². The maximum Gasteiger partial charge on any atom is 0.0654 e. The Morgan fingerprint density at radius 1 is 1.50 bits per heavy atom. The fourth-order valence-corrected chi connectivity index (χ4v) is 3.65. The Balaban J connectivity index is 1.91. The first-order chi connectivity index (χ1) is 9.79. The van der Waals surface area contributed by atoms with Gasteiger partial charge in [-0.05, 0) is 61.0 Å². The fourth-order valence-electron chi connectivity index (χ4n) is 2.94. The highest BCUT2D eigenvalue weighted by molar-refractivity contribution is 7.08. The number of nitrogens with zero attached hydrogens (tertiary/aromatic N) is 2. The van der Waals surface area contributed by atoms with Gasteiger partial charge >= 0.3 is 0 Å². The molecule has 1 atom stereocenters. The molecule has 0 fully saturated rings. The molecule has 0 saturated heterocycles. The number of nitrogens with one attached hydrogen (secondary N) is 1. The minimum atomic E-state index is 0.457. The monoisotopic (exact) mass is 287 g/mol. The van der Waals surface area contributed by atoms with Gasteiger partial charge in [0.15, 0.2) is 0 Å². The maximum absolute atomic E-state index is 4.60. The Kier molecular flexibility index (Phi) is 4.03. The number of hydrogen-bond acceptors (Lipinski definition) is 4. The van der Waals surface area contributed by atoms with Crippen LogP contribution in [0.5, 0.6) is 0 Å². The Hall–Kier alpha value is -1.39. The molecular formula is C16H21N3S. The van der Waals surface area contributed by atoms with Gasteiger partial charge in [0.2, 0.25) is 0 Å². The second kappa shape index (κ2) is 5.94. The summed E-state index contributed by atoms with van der Waals surface area (Å²) in [5.41, 5.74) is 5.26. The Labute approximate surface area is 124 Å². The molecule has 3 rings (SSSR count). The molecule has 4 heteroatoms. The lowest BCUT2D eigenvalue weighted by molar-refractivity contribution is 0.570. The topological polar surface area (TPSA) is 28.2 Å². The second-order valence-electron chi connectivity index (χ2n) is 5.39. The molecule has 1 unspecified atom stereocenters. The van der Waals surface area contributed by atoms with E-state index < -0.39 is 0 Å². The number of aryl methyl sites for hydroxylation is 1. The maximum atomic E-state index is 4.60. The van der Waals surface area contributed by atoms with Crippen LogP contribution in [0.25, 0.3) is 0 Å². The summed E-state index contributed by atoms with van der Waals surface area (Å²) in [6, 6.07) is 5.00. The fraction of sp³-hybridized carbons (Fsp3) is 0.438. The lowest BCUT2D eigenvalue weighted by Gasteiger charge is -2.30. The van der Waals surface area contributed by atoms with E-state index >= 15 is 0 Å². The number of pyridine rings is 1. The largest absolute Gasteiger partial charge is 0.363 e. The number of fused-ring (bicyclic) bond motifs is 1. The van der Waals surface area contributed by atoms with Crippen molar-refractivity contribution in [2.24, 2.45) is 0 Å². The van der Waals surface area contributed by atoms with E-state index in [9.17, 15) is 0 Å². The summed E-state index contributed by atoms with van der Waals surface area (Å²) in [6.07, 6.45) is 4.17. The summed E-state index contributed by atoms with van der Waals surface area (Å²) in [5.74, 6) is 0. The van der Waals surface area contributed by atoms with Crippen LogP contribution in [0.2, 0.25) is 0 Å². The third-order valence-corrected chi connectivity index (χ3v) is 4.66. The third-order valence-electron chi connectivity index (χ3n) is 3.95. The van der Waals surface area contributed by atoms with Gasteiger partial charge in [-0.1, -0.05) is 0 Å². The van der Waals surface area contributed by atoms with Gasteiger partial charge in [0, 0.05) is 19.2 Å². The first-order valence-corrected chi connectivity index (χ1v) is 8.12. The molecule has 106 valence electrons. The zero-order valence-electron chi connectivity index (χ0n) is 12.1. The summed E-state index contributed by atoms with van der Waals surface area (Å²) in [6.45, 7) is 4.23. The summed E-state index contributed by atoms with van der Waals surface area (Å²) >= 11 is 1.78. The van der Waals surface area contributed by atoms with Gasteiger partial charge in [-0.2, -0.15) is 11.3 Å². The minimum Gasteiger partial charge on any atom is -0.363 e. The number of rotatable bonds is 5. The van der Waals surface area contributed by atoms with Crippen molar-refractivity contribution in [3.63, 3.8) is 0 Å². The molecule has 1 N–H and O–H groups in total. The molecule has 0 amide bonds.